The average molecular weight is 306 g/mol. The van der Waals surface area contributed by atoms with E-state index in [9.17, 15) is 4.39 Å². The number of anilines is 1. The highest BCUT2D eigenvalue weighted by atomic mass is 35.5. The monoisotopic (exact) mass is 305 g/mol. The molecule has 0 saturated carbocycles. The topological polar surface area (TPSA) is 55.1 Å². The maximum Gasteiger partial charge on any atom is 0.255 e. The van der Waals surface area contributed by atoms with Crippen molar-refractivity contribution in [3.8, 4) is 0 Å². The Bertz CT molecular complexity index is 786. The third-order valence-corrected chi connectivity index (χ3v) is 3.42. The summed E-state index contributed by atoms with van der Waals surface area (Å²) in [7, 11) is 0. The van der Waals surface area contributed by atoms with Gasteiger partial charge < -0.3 is 5.32 Å². The molecular formula is C14H13ClFN5. The van der Waals surface area contributed by atoms with Gasteiger partial charge in [0.15, 0.2) is 0 Å². The molecule has 5 nitrogen and oxygen atoms in total. The molecule has 0 aliphatic heterocycles. The van der Waals surface area contributed by atoms with Crippen LogP contribution in [0.3, 0.4) is 0 Å². The Morgan fingerprint density at radius 2 is 2.19 bits per heavy atom. The second-order valence-corrected chi connectivity index (χ2v) is 5.07. The molecule has 0 saturated heterocycles. The molecular weight excluding hydrogens is 293 g/mol. The van der Waals surface area contributed by atoms with Gasteiger partial charge in [0.2, 0.25) is 0 Å². The van der Waals surface area contributed by atoms with E-state index in [0.717, 1.165) is 23.4 Å². The minimum atomic E-state index is -0.213. The fraction of sp³-hybridized carbons (Fsp3) is 0.214. The molecule has 0 spiro atoms. The summed E-state index contributed by atoms with van der Waals surface area (Å²) in [5.41, 5.74) is 2.04. The predicted octanol–water partition coefficient (Wildman–Crippen LogP) is 2.88. The molecule has 0 aliphatic carbocycles. The predicted molar refractivity (Wildman–Crippen MR) is 79.1 cm³/mol. The van der Waals surface area contributed by atoms with E-state index in [0.29, 0.717) is 17.5 Å². The molecule has 0 radical (unpaired) electrons. The molecule has 7 heteroatoms. The van der Waals surface area contributed by atoms with Gasteiger partial charge in [0.1, 0.15) is 23.1 Å². The van der Waals surface area contributed by atoms with Crippen molar-refractivity contribution in [3.05, 3.63) is 52.7 Å². The van der Waals surface area contributed by atoms with Crippen molar-refractivity contribution in [2.24, 2.45) is 0 Å². The molecule has 1 aromatic carbocycles. The zero-order valence-corrected chi connectivity index (χ0v) is 12.1. The quantitative estimate of drug-likeness (QED) is 0.753. The van der Waals surface area contributed by atoms with Crippen molar-refractivity contribution < 1.29 is 4.39 Å². The summed E-state index contributed by atoms with van der Waals surface area (Å²) in [5.74, 6) is 0.958. The van der Waals surface area contributed by atoms with E-state index in [1.165, 1.54) is 18.5 Å². The molecule has 3 rings (SSSR count). The van der Waals surface area contributed by atoms with Crippen molar-refractivity contribution in [1.82, 2.24) is 19.6 Å². The van der Waals surface area contributed by atoms with Crippen molar-refractivity contribution >= 4 is 23.2 Å². The Labute approximate surface area is 125 Å². The number of hydrogen-bond donors (Lipinski definition) is 1. The number of benzene rings is 1. The highest BCUT2D eigenvalue weighted by Gasteiger charge is 2.06. The lowest BCUT2D eigenvalue weighted by Crippen LogP contribution is -2.10. The molecule has 0 unspecified atom stereocenters. The van der Waals surface area contributed by atoms with Crippen LogP contribution in [-0.4, -0.2) is 26.1 Å². The van der Waals surface area contributed by atoms with Crippen LogP contribution in [0.15, 0.2) is 30.6 Å². The summed E-state index contributed by atoms with van der Waals surface area (Å²) in [6.45, 7) is 2.57. The van der Waals surface area contributed by atoms with E-state index in [1.54, 1.807) is 16.6 Å². The van der Waals surface area contributed by atoms with Gasteiger partial charge >= 0.3 is 0 Å². The Kier molecular flexibility index (Phi) is 3.70. The second kappa shape index (κ2) is 5.65. The lowest BCUT2D eigenvalue weighted by molar-refractivity contribution is 0.625. The minimum absolute atomic E-state index is 0.213. The van der Waals surface area contributed by atoms with E-state index in [2.05, 4.69) is 20.4 Å². The van der Waals surface area contributed by atoms with Gasteiger partial charge in [-0.3, -0.25) is 0 Å². The Morgan fingerprint density at radius 3 is 3.00 bits per heavy atom. The SMILES string of the molecule is Cc1cc(F)ccc1CCNc1cc(Cl)nc2ncnn12. The summed E-state index contributed by atoms with van der Waals surface area (Å²) < 4.78 is 14.6. The molecule has 21 heavy (non-hydrogen) atoms. The lowest BCUT2D eigenvalue weighted by atomic mass is 10.1. The van der Waals surface area contributed by atoms with Gasteiger partial charge in [0.25, 0.3) is 5.78 Å². The first-order valence-corrected chi connectivity index (χ1v) is 6.86. The number of aryl methyl sites for hydroxylation is 1. The number of aromatic nitrogens is 4. The number of fused-ring (bicyclic) bond motifs is 1. The van der Waals surface area contributed by atoms with Crippen LogP contribution in [-0.2, 0) is 6.42 Å². The molecule has 2 aromatic heterocycles. The van der Waals surface area contributed by atoms with E-state index >= 15 is 0 Å². The average Bonchev–Trinajstić information content (AvgIpc) is 2.89. The molecule has 0 fully saturated rings. The summed E-state index contributed by atoms with van der Waals surface area (Å²) >= 11 is 5.95. The summed E-state index contributed by atoms with van der Waals surface area (Å²) in [6.07, 6.45) is 2.19. The molecule has 108 valence electrons. The fourth-order valence-corrected chi connectivity index (χ4v) is 2.35. The van der Waals surface area contributed by atoms with Gasteiger partial charge in [-0.15, -0.1) is 0 Å². The van der Waals surface area contributed by atoms with Crippen LogP contribution in [0.1, 0.15) is 11.1 Å². The highest BCUT2D eigenvalue weighted by molar-refractivity contribution is 6.29. The van der Waals surface area contributed by atoms with E-state index in [-0.39, 0.29) is 5.82 Å². The normalized spacial score (nSPS) is 11.0. The number of nitrogens with one attached hydrogen (secondary N) is 1. The highest BCUT2D eigenvalue weighted by Crippen LogP contribution is 2.15. The molecule has 0 amide bonds. The van der Waals surface area contributed by atoms with Gasteiger partial charge in [-0.05, 0) is 36.6 Å². The number of rotatable bonds is 4. The van der Waals surface area contributed by atoms with Gasteiger partial charge in [-0.25, -0.2) is 4.39 Å². The maximum atomic E-state index is 13.1. The van der Waals surface area contributed by atoms with Crippen molar-refractivity contribution in [1.29, 1.82) is 0 Å². The van der Waals surface area contributed by atoms with Crippen LogP contribution in [0.25, 0.3) is 5.78 Å². The lowest BCUT2D eigenvalue weighted by Gasteiger charge is -2.09. The van der Waals surface area contributed by atoms with Gasteiger partial charge in [-0.1, -0.05) is 17.7 Å². The zero-order valence-electron chi connectivity index (χ0n) is 11.3. The van der Waals surface area contributed by atoms with Crippen LogP contribution in [0.4, 0.5) is 10.2 Å². The fourth-order valence-electron chi connectivity index (χ4n) is 2.17. The first kappa shape index (κ1) is 13.8. The summed E-state index contributed by atoms with van der Waals surface area (Å²) in [5, 5.41) is 7.69. The van der Waals surface area contributed by atoms with Crippen molar-refractivity contribution in [3.63, 3.8) is 0 Å². The third-order valence-electron chi connectivity index (χ3n) is 3.23. The smallest absolute Gasteiger partial charge is 0.255 e. The van der Waals surface area contributed by atoms with Gasteiger partial charge in [0, 0.05) is 12.6 Å². The number of nitrogens with zero attached hydrogens (tertiary/aromatic N) is 4. The van der Waals surface area contributed by atoms with E-state index in [1.807, 2.05) is 6.92 Å². The zero-order chi connectivity index (χ0) is 14.8. The van der Waals surface area contributed by atoms with Gasteiger partial charge in [0.05, 0.1) is 0 Å². The molecule has 2 heterocycles. The van der Waals surface area contributed by atoms with E-state index in [4.69, 9.17) is 11.6 Å². The van der Waals surface area contributed by atoms with Crippen molar-refractivity contribution in [2.75, 3.05) is 11.9 Å². The molecule has 0 aliphatic rings. The van der Waals surface area contributed by atoms with E-state index < -0.39 is 0 Å². The largest absolute Gasteiger partial charge is 0.369 e. The van der Waals surface area contributed by atoms with Gasteiger partial charge in [-0.2, -0.15) is 19.6 Å². The Hall–Kier alpha value is -2.21. The third kappa shape index (κ3) is 2.95. The maximum absolute atomic E-state index is 13.1. The second-order valence-electron chi connectivity index (χ2n) is 4.68. The summed E-state index contributed by atoms with van der Waals surface area (Å²) in [6, 6.07) is 6.51. The van der Waals surface area contributed by atoms with Crippen LogP contribution in [0, 0.1) is 12.7 Å². The van der Waals surface area contributed by atoms with Crippen molar-refractivity contribution in [2.45, 2.75) is 13.3 Å². The Morgan fingerprint density at radius 1 is 1.33 bits per heavy atom. The first-order valence-electron chi connectivity index (χ1n) is 6.48. The number of halogens is 2. The summed E-state index contributed by atoms with van der Waals surface area (Å²) in [4.78, 5) is 8.06. The Balaban J connectivity index is 1.73. The molecule has 3 aromatic rings. The van der Waals surface area contributed by atoms with Crippen LogP contribution < -0.4 is 5.32 Å². The van der Waals surface area contributed by atoms with Crippen LogP contribution in [0.2, 0.25) is 5.15 Å². The van der Waals surface area contributed by atoms with Crippen LogP contribution in [0.5, 0.6) is 0 Å². The van der Waals surface area contributed by atoms with Crippen LogP contribution >= 0.6 is 11.6 Å². The molecule has 0 bridgehead atoms. The number of hydrogen-bond acceptors (Lipinski definition) is 4. The molecule has 1 N–H and O–H groups in total. The first-order chi connectivity index (χ1) is 10.1. The minimum Gasteiger partial charge on any atom is -0.369 e. The molecule has 0 atom stereocenters. The standard InChI is InChI=1S/C14H13ClFN5/c1-9-6-11(16)3-2-10(9)4-5-17-13-7-12(15)20-14-18-8-19-21(13)14/h2-3,6-8,17H,4-5H2,1H3.